The van der Waals surface area contributed by atoms with Gasteiger partial charge in [-0.25, -0.2) is 0 Å². The van der Waals surface area contributed by atoms with Gasteiger partial charge in [0.1, 0.15) is 5.82 Å². The van der Waals surface area contributed by atoms with Gasteiger partial charge in [-0.3, -0.25) is 10.00 Å². The Morgan fingerprint density at radius 3 is 2.81 bits per heavy atom. The number of likely N-dealkylation sites (N-methyl/N-ethyl adjacent to an activating group) is 1. The number of nitrogens with zero attached hydrogens (tertiary/aromatic N) is 3. The SMILES string of the molecule is CN1CCN(CCNc2cn[nH]c2N)CC1. The molecule has 1 aromatic rings. The van der Waals surface area contributed by atoms with Crippen molar-refractivity contribution >= 4 is 11.5 Å². The number of nitrogens with two attached hydrogens (primary N) is 1. The van der Waals surface area contributed by atoms with Gasteiger partial charge in [-0.15, -0.1) is 0 Å². The molecule has 0 bridgehead atoms. The van der Waals surface area contributed by atoms with E-state index in [1.54, 1.807) is 6.20 Å². The first-order chi connectivity index (χ1) is 7.75. The zero-order valence-corrected chi connectivity index (χ0v) is 9.74. The molecule has 0 atom stereocenters. The van der Waals surface area contributed by atoms with Crippen molar-refractivity contribution in [2.24, 2.45) is 0 Å². The van der Waals surface area contributed by atoms with Crippen molar-refractivity contribution in [3.05, 3.63) is 6.20 Å². The topological polar surface area (TPSA) is 73.2 Å². The molecule has 6 nitrogen and oxygen atoms in total. The Hall–Kier alpha value is -1.27. The molecule has 1 aliphatic heterocycles. The Balaban J connectivity index is 1.67. The van der Waals surface area contributed by atoms with Gasteiger partial charge in [-0.1, -0.05) is 0 Å². The molecule has 0 radical (unpaired) electrons. The van der Waals surface area contributed by atoms with Crippen LogP contribution >= 0.6 is 0 Å². The maximum absolute atomic E-state index is 5.68. The molecule has 1 aromatic heterocycles. The maximum atomic E-state index is 5.68. The highest BCUT2D eigenvalue weighted by atomic mass is 15.3. The van der Waals surface area contributed by atoms with Crippen LogP contribution in [-0.2, 0) is 0 Å². The van der Waals surface area contributed by atoms with Gasteiger partial charge < -0.3 is 16.0 Å². The second kappa shape index (κ2) is 5.18. The van der Waals surface area contributed by atoms with Crippen LogP contribution in [-0.4, -0.2) is 66.3 Å². The van der Waals surface area contributed by atoms with Crippen LogP contribution in [0.3, 0.4) is 0 Å². The molecular formula is C10H20N6. The summed E-state index contributed by atoms with van der Waals surface area (Å²) in [6, 6.07) is 0. The monoisotopic (exact) mass is 224 g/mol. The minimum Gasteiger partial charge on any atom is -0.382 e. The molecule has 0 aromatic carbocycles. The summed E-state index contributed by atoms with van der Waals surface area (Å²) < 4.78 is 0. The number of hydrogen-bond acceptors (Lipinski definition) is 5. The first kappa shape index (κ1) is 11.2. The molecule has 2 rings (SSSR count). The van der Waals surface area contributed by atoms with Gasteiger partial charge in [-0.2, -0.15) is 5.10 Å². The third-order valence-corrected chi connectivity index (χ3v) is 3.01. The highest BCUT2D eigenvalue weighted by molar-refractivity contribution is 5.59. The molecule has 90 valence electrons. The number of hydrogen-bond donors (Lipinski definition) is 3. The van der Waals surface area contributed by atoms with E-state index in [1.807, 2.05) is 0 Å². The Morgan fingerprint density at radius 2 is 2.19 bits per heavy atom. The van der Waals surface area contributed by atoms with Crippen LogP contribution in [0.25, 0.3) is 0 Å². The molecule has 0 spiro atoms. The minimum atomic E-state index is 0.610. The predicted molar refractivity (Wildman–Crippen MR) is 65.4 cm³/mol. The van der Waals surface area contributed by atoms with Gasteiger partial charge in [-0.05, 0) is 7.05 Å². The summed E-state index contributed by atoms with van der Waals surface area (Å²) in [5, 5.41) is 9.85. The van der Waals surface area contributed by atoms with E-state index in [0.29, 0.717) is 5.82 Å². The lowest BCUT2D eigenvalue weighted by molar-refractivity contribution is 0.158. The van der Waals surface area contributed by atoms with Crippen LogP contribution < -0.4 is 11.1 Å². The second-order valence-electron chi connectivity index (χ2n) is 4.27. The summed E-state index contributed by atoms with van der Waals surface area (Å²) in [6.45, 7) is 6.59. The molecule has 0 amide bonds. The van der Waals surface area contributed by atoms with E-state index in [-0.39, 0.29) is 0 Å². The van der Waals surface area contributed by atoms with Crippen LogP contribution in [0.5, 0.6) is 0 Å². The predicted octanol–water partition coefficient (Wildman–Crippen LogP) is -0.349. The molecule has 1 aliphatic rings. The summed E-state index contributed by atoms with van der Waals surface area (Å²) in [4.78, 5) is 4.82. The van der Waals surface area contributed by atoms with E-state index in [4.69, 9.17) is 5.73 Å². The average Bonchev–Trinajstić information content (AvgIpc) is 2.68. The quantitative estimate of drug-likeness (QED) is 0.652. The standard InChI is InChI=1S/C10H20N6/c1-15-4-6-16(7-5-15)3-2-12-9-8-13-14-10(9)11/h8,12H,2-7H2,1H3,(H3,11,13,14). The fraction of sp³-hybridized carbons (Fsp3) is 0.700. The van der Waals surface area contributed by atoms with E-state index in [2.05, 4.69) is 32.4 Å². The molecule has 16 heavy (non-hydrogen) atoms. The second-order valence-corrected chi connectivity index (χ2v) is 4.27. The van der Waals surface area contributed by atoms with Crippen LogP contribution in [0, 0.1) is 0 Å². The zero-order chi connectivity index (χ0) is 11.4. The molecule has 4 N–H and O–H groups in total. The lowest BCUT2D eigenvalue weighted by atomic mass is 10.3. The summed E-state index contributed by atoms with van der Waals surface area (Å²) in [5.41, 5.74) is 6.57. The molecule has 0 saturated carbocycles. The fourth-order valence-electron chi connectivity index (χ4n) is 1.86. The van der Waals surface area contributed by atoms with E-state index < -0.39 is 0 Å². The summed E-state index contributed by atoms with van der Waals surface area (Å²) in [7, 11) is 2.17. The summed E-state index contributed by atoms with van der Waals surface area (Å²) in [6.07, 6.45) is 1.72. The van der Waals surface area contributed by atoms with Crippen LogP contribution in [0.15, 0.2) is 6.20 Å². The summed E-state index contributed by atoms with van der Waals surface area (Å²) >= 11 is 0. The average molecular weight is 224 g/mol. The third-order valence-electron chi connectivity index (χ3n) is 3.01. The number of H-pyrrole nitrogens is 1. The van der Waals surface area contributed by atoms with Crippen molar-refractivity contribution in [2.45, 2.75) is 0 Å². The van der Waals surface area contributed by atoms with Crippen LogP contribution in [0.4, 0.5) is 11.5 Å². The van der Waals surface area contributed by atoms with E-state index in [0.717, 1.165) is 45.0 Å². The first-order valence-corrected chi connectivity index (χ1v) is 5.69. The largest absolute Gasteiger partial charge is 0.382 e. The molecular weight excluding hydrogens is 204 g/mol. The molecule has 0 unspecified atom stereocenters. The van der Waals surface area contributed by atoms with Crippen molar-refractivity contribution in [3.8, 4) is 0 Å². The normalized spacial score (nSPS) is 18.8. The van der Waals surface area contributed by atoms with Crippen LogP contribution in [0.1, 0.15) is 0 Å². The molecule has 1 saturated heterocycles. The Labute approximate surface area is 95.8 Å². The molecule has 6 heteroatoms. The van der Waals surface area contributed by atoms with E-state index in [1.165, 1.54) is 0 Å². The lowest BCUT2D eigenvalue weighted by Gasteiger charge is -2.32. The first-order valence-electron chi connectivity index (χ1n) is 5.69. The smallest absolute Gasteiger partial charge is 0.142 e. The Morgan fingerprint density at radius 1 is 1.44 bits per heavy atom. The molecule has 1 fully saturated rings. The number of aromatic amines is 1. The van der Waals surface area contributed by atoms with E-state index in [9.17, 15) is 0 Å². The minimum absolute atomic E-state index is 0.610. The zero-order valence-electron chi connectivity index (χ0n) is 9.74. The van der Waals surface area contributed by atoms with Gasteiger partial charge in [0.25, 0.3) is 0 Å². The summed E-state index contributed by atoms with van der Waals surface area (Å²) in [5.74, 6) is 0.610. The van der Waals surface area contributed by atoms with Gasteiger partial charge in [0, 0.05) is 39.3 Å². The fourth-order valence-corrected chi connectivity index (χ4v) is 1.86. The number of nitrogen functional groups attached to an aromatic ring is 1. The number of piperazine rings is 1. The Kier molecular flexibility index (Phi) is 3.63. The number of rotatable bonds is 4. The van der Waals surface area contributed by atoms with Gasteiger partial charge in [0.05, 0.1) is 11.9 Å². The van der Waals surface area contributed by atoms with Crippen molar-refractivity contribution in [3.63, 3.8) is 0 Å². The van der Waals surface area contributed by atoms with Gasteiger partial charge in [0.15, 0.2) is 0 Å². The van der Waals surface area contributed by atoms with Crippen molar-refractivity contribution in [1.82, 2.24) is 20.0 Å². The lowest BCUT2D eigenvalue weighted by Crippen LogP contribution is -2.45. The highest BCUT2D eigenvalue weighted by Gasteiger charge is 2.12. The number of aromatic nitrogens is 2. The molecule has 0 aliphatic carbocycles. The maximum Gasteiger partial charge on any atom is 0.142 e. The highest BCUT2D eigenvalue weighted by Crippen LogP contribution is 2.12. The van der Waals surface area contributed by atoms with E-state index >= 15 is 0 Å². The Bertz CT molecular complexity index is 315. The van der Waals surface area contributed by atoms with Crippen molar-refractivity contribution in [1.29, 1.82) is 0 Å². The number of anilines is 2. The van der Waals surface area contributed by atoms with Gasteiger partial charge >= 0.3 is 0 Å². The molecule has 2 heterocycles. The van der Waals surface area contributed by atoms with Crippen LogP contribution in [0.2, 0.25) is 0 Å². The van der Waals surface area contributed by atoms with Crippen molar-refractivity contribution in [2.75, 3.05) is 57.4 Å². The van der Waals surface area contributed by atoms with Gasteiger partial charge in [0.2, 0.25) is 0 Å². The third kappa shape index (κ3) is 2.86. The van der Waals surface area contributed by atoms with Crippen molar-refractivity contribution < 1.29 is 0 Å². The number of nitrogens with one attached hydrogen (secondary N) is 2.